The number of halogens is 8. The van der Waals surface area contributed by atoms with Gasteiger partial charge in [0.15, 0.2) is 11.6 Å². The third kappa shape index (κ3) is 2.40. The highest BCUT2D eigenvalue weighted by Gasteiger charge is 2.47. The molecule has 0 bridgehead atoms. The minimum absolute atomic E-state index is 0.749. The Morgan fingerprint density at radius 1 is 0.842 bits per heavy atom. The zero-order chi connectivity index (χ0) is 15.2. The molecule has 19 heavy (non-hydrogen) atoms. The van der Waals surface area contributed by atoms with Crippen molar-refractivity contribution in [2.24, 2.45) is 0 Å². The summed E-state index contributed by atoms with van der Waals surface area (Å²) < 4.78 is 101. The van der Waals surface area contributed by atoms with Gasteiger partial charge in [0, 0.05) is 0 Å². The normalized spacial score (nSPS) is 12.4. The van der Waals surface area contributed by atoms with Gasteiger partial charge in [0.1, 0.15) is 22.8 Å². The van der Waals surface area contributed by atoms with E-state index >= 15 is 0 Å². The van der Waals surface area contributed by atoms with Gasteiger partial charge in [-0.2, -0.15) is 31.6 Å². The van der Waals surface area contributed by atoms with Gasteiger partial charge in [-0.25, -0.2) is 8.78 Å². The summed E-state index contributed by atoms with van der Waals surface area (Å²) >= 11 is 0. The van der Waals surface area contributed by atoms with E-state index in [2.05, 4.69) is 0 Å². The van der Waals surface area contributed by atoms with Gasteiger partial charge in [-0.15, -0.1) is 0 Å². The molecular weight excluding hydrogens is 288 g/mol. The van der Waals surface area contributed by atoms with Crippen molar-refractivity contribution < 1.29 is 35.1 Å². The zero-order valence-electron chi connectivity index (χ0n) is 8.55. The van der Waals surface area contributed by atoms with Crippen molar-refractivity contribution in [2.45, 2.75) is 12.4 Å². The Hall–Kier alpha value is -2.05. The Morgan fingerprint density at radius 2 is 1.26 bits per heavy atom. The summed E-state index contributed by atoms with van der Waals surface area (Å²) in [5.74, 6) is -5.37. The Bertz CT molecular complexity index is 523. The second-order valence-electron chi connectivity index (χ2n) is 3.27. The second-order valence-corrected chi connectivity index (χ2v) is 3.27. The molecular formula is C9H2F8N2. The summed E-state index contributed by atoms with van der Waals surface area (Å²) in [6.45, 7) is 0. The molecule has 0 spiro atoms. The largest absolute Gasteiger partial charge is 0.422 e. The molecule has 0 unspecified atom stereocenters. The van der Waals surface area contributed by atoms with Gasteiger partial charge in [-0.05, 0) is 0 Å². The molecule has 0 fully saturated rings. The number of hydrogen-bond acceptors (Lipinski definition) is 2. The van der Waals surface area contributed by atoms with Gasteiger partial charge < -0.3 is 5.73 Å². The fraction of sp³-hybridized carbons (Fsp3) is 0.222. The van der Waals surface area contributed by atoms with Gasteiger partial charge in [0.25, 0.3) is 0 Å². The molecule has 1 aromatic carbocycles. The molecule has 104 valence electrons. The van der Waals surface area contributed by atoms with Crippen LogP contribution in [-0.4, -0.2) is 0 Å². The van der Waals surface area contributed by atoms with E-state index in [1.807, 2.05) is 0 Å². The molecule has 2 N–H and O–H groups in total. The number of nitrogens with two attached hydrogens (primary N) is 1. The lowest BCUT2D eigenvalue weighted by Crippen LogP contribution is -2.21. The van der Waals surface area contributed by atoms with E-state index in [-0.39, 0.29) is 0 Å². The maximum absolute atomic E-state index is 13.2. The van der Waals surface area contributed by atoms with Crippen molar-refractivity contribution >= 4 is 5.69 Å². The molecule has 1 rings (SSSR count). The van der Waals surface area contributed by atoms with Crippen LogP contribution in [0.2, 0.25) is 0 Å². The Kier molecular flexibility index (Phi) is 3.36. The molecule has 0 radical (unpaired) electrons. The zero-order valence-corrected chi connectivity index (χ0v) is 8.55. The van der Waals surface area contributed by atoms with Crippen LogP contribution in [0.15, 0.2) is 0 Å². The summed E-state index contributed by atoms with van der Waals surface area (Å²) in [6, 6.07) is 0.749. The van der Waals surface area contributed by atoms with E-state index in [9.17, 15) is 35.1 Å². The number of rotatable bonds is 0. The van der Waals surface area contributed by atoms with Gasteiger partial charge in [0.05, 0.1) is 5.69 Å². The van der Waals surface area contributed by atoms with E-state index in [0.29, 0.717) is 0 Å². The van der Waals surface area contributed by atoms with Gasteiger partial charge >= 0.3 is 12.4 Å². The minimum atomic E-state index is -5.74. The van der Waals surface area contributed by atoms with Crippen LogP contribution in [-0.2, 0) is 12.4 Å². The van der Waals surface area contributed by atoms with Crippen molar-refractivity contribution in [1.29, 1.82) is 5.26 Å². The second kappa shape index (κ2) is 4.25. The molecule has 0 atom stereocenters. The lowest BCUT2D eigenvalue weighted by Gasteiger charge is -2.17. The molecule has 0 aromatic heterocycles. The molecule has 1 aromatic rings. The average molecular weight is 290 g/mol. The van der Waals surface area contributed by atoms with Crippen molar-refractivity contribution in [1.82, 2.24) is 0 Å². The van der Waals surface area contributed by atoms with E-state index in [1.54, 1.807) is 0 Å². The smallest absolute Gasteiger partial charge is 0.397 e. The number of nitrogen functional groups attached to an aromatic ring is 1. The third-order valence-electron chi connectivity index (χ3n) is 2.10. The average Bonchev–Trinajstić information content (AvgIpc) is 2.12. The van der Waals surface area contributed by atoms with Crippen LogP contribution in [0.3, 0.4) is 0 Å². The fourth-order valence-electron chi connectivity index (χ4n) is 1.34. The van der Waals surface area contributed by atoms with Crippen LogP contribution < -0.4 is 5.73 Å². The highest BCUT2D eigenvalue weighted by Crippen LogP contribution is 2.44. The van der Waals surface area contributed by atoms with Crippen molar-refractivity contribution in [3.05, 3.63) is 28.3 Å². The van der Waals surface area contributed by atoms with Gasteiger partial charge in [-0.3, -0.25) is 0 Å². The molecule has 0 aliphatic carbocycles. The monoisotopic (exact) mass is 290 g/mol. The number of alkyl halides is 6. The molecule has 10 heteroatoms. The molecule has 0 saturated carbocycles. The number of hydrogen-bond donors (Lipinski definition) is 1. The van der Waals surface area contributed by atoms with Crippen LogP contribution in [0.5, 0.6) is 0 Å². The maximum atomic E-state index is 13.2. The minimum Gasteiger partial charge on any atom is -0.397 e. The number of benzene rings is 1. The van der Waals surface area contributed by atoms with Gasteiger partial charge in [-0.1, -0.05) is 0 Å². The number of anilines is 1. The lowest BCUT2D eigenvalue weighted by atomic mass is 10.0. The van der Waals surface area contributed by atoms with E-state index in [0.717, 1.165) is 6.07 Å². The van der Waals surface area contributed by atoms with Crippen LogP contribution in [0.1, 0.15) is 16.7 Å². The molecule has 0 heterocycles. The molecule has 0 saturated heterocycles. The summed E-state index contributed by atoms with van der Waals surface area (Å²) in [5, 5.41) is 8.34. The predicted molar refractivity (Wildman–Crippen MR) is 45.5 cm³/mol. The first kappa shape index (κ1) is 15.0. The van der Waals surface area contributed by atoms with E-state index in [4.69, 9.17) is 11.0 Å². The Morgan fingerprint density at radius 3 is 1.58 bits per heavy atom. The van der Waals surface area contributed by atoms with Crippen molar-refractivity contribution in [2.75, 3.05) is 5.73 Å². The molecule has 0 amide bonds. The van der Waals surface area contributed by atoms with Crippen LogP contribution in [0.4, 0.5) is 40.8 Å². The summed E-state index contributed by atoms with van der Waals surface area (Å²) in [6.07, 6.45) is -11.3. The highest BCUT2D eigenvalue weighted by molar-refractivity contribution is 5.63. The standard InChI is InChI=1S/C9H2F8N2/c10-5-2(1-18)7(19)4(9(15,16)17)6(11)3(5)8(12,13)14/h19H2. The predicted octanol–water partition coefficient (Wildman–Crippen LogP) is 3.46. The Balaban J connectivity index is 3.95. The van der Waals surface area contributed by atoms with Crippen LogP contribution >= 0.6 is 0 Å². The topological polar surface area (TPSA) is 49.8 Å². The Labute approximate surface area is 99.6 Å². The summed E-state index contributed by atoms with van der Waals surface area (Å²) in [4.78, 5) is 0. The SMILES string of the molecule is N#Cc1c(N)c(C(F)(F)F)c(F)c(C(F)(F)F)c1F. The van der Waals surface area contributed by atoms with Gasteiger partial charge in [0.2, 0.25) is 0 Å². The van der Waals surface area contributed by atoms with E-state index < -0.39 is 46.4 Å². The van der Waals surface area contributed by atoms with Crippen molar-refractivity contribution in [3.63, 3.8) is 0 Å². The molecule has 0 aliphatic heterocycles. The first-order valence-corrected chi connectivity index (χ1v) is 4.27. The quantitative estimate of drug-likeness (QED) is 0.587. The van der Waals surface area contributed by atoms with E-state index in [1.165, 1.54) is 0 Å². The number of nitriles is 1. The fourth-order valence-corrected chi connectivity index (χ4v) is 1.34. The maximum Gasteiger partial charge on any atom is 0.422 e. The van der Waals surface area contributed by atoms with Crippen molar-refractivity contribution in [3.8, 4) is 6.07 Å². The molecule has 2 nitrogen and oxygen atoms in total. The van der Waals surface area contributed by atoms with Crippen LogP contribution in [0.25, 0.3) is 0 Å². The third-order valence-corrected chi connectivity index (χ3v) is 2.10. The lowest BCUT2D eigenvalue weighted by molar-refractivity contribution is -0.148. The first-order chi connectivity index (χ1) is 8.42. The van der Waals surface area contributed by atoms with Crippen LogP contribution in [0, 0.1) is 23.0 Å². The summed E-state index contributed by atoms with van der Waals surface area (Å²) in [7, 11) is 0. The molecule has 0 aliphatic rings. The number of nitrogens with zero attached hydrogens (tertiary/aromatic N) is 1. The summed E-state index contributed by atoms with van der Waals surface area (Å²) in [5.41, 5.74) is -4.04. The first-order valence-electron chi connectivity index (χ1n) is 4.27. The highest BCUT2D eigenvalue weighted by atomic mass is 19.4.